The second-order valence-corrected chi connectivity index (χ2v) is 4.73. The number of rotatable bonds is 7. The van der Waals surface area contributed by atoms with Crippen molar-refractivity contribution in [3.63, 3.8) is 0 Å². The number of nitrogens with one attached hydrogen (secondary N) is 1. The third-order valence-electron chi connectivity index (χ3n) is 3.22. The first kappa shape index (κ1) is 15.6. The molecule has 5 nitrogen and oxygen atoms in total. The average molecular weight is 299 g/mol. The van der Waals surface area contributed by atoms with E-state index in [2.05, 4.69) is 5.32 Å². The van der Waals surface area contributed by atoms with E-state index in [0.717, 1.165) is 0 Å². The highest BCUT2D eigenvalue weighted by Gasteiger charge is 2.22. The van der Waals surface area contributed by atoms with Gasteiger partial charge in [-0.3, -0.25) is 4.79 Å². The summed E-state index contributed by atoms with van der Waals surface area (Å²) in [7, 11) is 1.51. The molecule has 0 aliphatic heterocycles. The van der Waals surface area contributed by atoms with Gasteiger partial charge in [-0.05, 0) is 12.1 Å². The van der Waals surface area contributed by atoms with Crippen molar-refractivity contribution >= 4 is 17.4 Å². The molecule has 0 amide bonds. The number of benzene rings is 2. The number of anilines is 1. The summed E-state index contributed by atoms with van der Waals surface area (Å²) >= 11 is 0. The fourth-order valence-corrected chi connectivity index (χ4v) is 2.08. The first-order valence-electron chi connectivity index (χ1n) is 6.82. The van der Waals surface area contributed by atoms with E-state index < -0.39 is 12.0 Å². The second kappa shape index (κ2) is 7.26. The normalized spacial score (nSPS) is 11.5. The number of para-hydroxylation sites is 2. The molecule has 114 valence electrons. The maximum absolute atomic E-state index is 12.2. The van der Waals surface area contributed by atoms with Crippen molar-refractivity contribution in [1.82, 2.24) is 0 Å². The maximum Gasteiger partial charge on any atom is 0.326 e. The van der Waals surface area contributed by atoms with Crippen LogP contribution in [0.1, 0.15) is 16.8 Å². The van der Waals surface area contributed by atoms with Crippen molar-refractivity contribution in [3.8, 4) is 5.75 Å². The van der Waals surface area contributed by atoms with Crippen LogP contribution in [-0.4, -0.2) is 30.0 Å². The van der Waals surface area contributed by atoms with E-state index in [1.807, 2.05) is 0 Å². The molecule has 2 N–H and O–H groups in total. The van der Waals surface area contributed by atoms with E-state index in [0.29, 0.717) is 17.0 Å². The molecule has 0 aliphatic rings. The van der Waals surface area contributed by atoms with E-state index >= 15 is 0 Å². The molecular formula is C17H17NO4. The summed E-state index contributed by atoms with van der Waals surface area (Å²) in [6, 6.07) is 14.6. The Morgan fingerprint density at radius 2 is 1.73 bits per heavy atom. The number of ketones is 1. The van der Waals surface area contributed by atoms with Gasteiger partial charge in [0.1, 0.15) is 11.8 Å². The van der Waals surface area contributed by atoms with Gasteiger partial charge in [0.15, 0.2) is 5.78 Å². The molecule has 0 aromatic heterocycles. The Bertz CT molecular complexity index is 655. The van der Waals surface area contributed by atoms with Crippen molar-refractivity contribution < 1.29 is 19.4 Å². The molecule has 0 saturated heterocycles. The number of Topliss-reactive ketones (excluding diaryl/α,β-unsaturated/α-hetero) is 1. The lowest BCUT2D eigenvalue weighted by Gasteiger charge is -2.17. The van der Waals surface area contributed by atoms with Gasteiger partial charge in [0.05, 0.1) is 12.8 Å². The van der Waals surface area contributed by atoms with Crippen LogP contribution in [0.4, 0.5) is 5.69 Å². The van der Waals surface area contributed by atoms with Gasteiger partial charge in [-0.15, -0.1) is 0 Å². The molecule has 0 spiro atoms. The monoisotopic (exact) mass is 299 g/mol. The number of carboxylic acids is 1. The topological polar surface area (TPSA) is 75.6 Å². The van der Waals surface area contributed by atoms with Gasteiger partial charge in [0, 0.05) is 12.0 Å². The van der Waals surface area contributed by atoms with Crippen LogP contribution >= 0.6 is 0 Å². The highest BCUT2D eigenvalue weighted by Crippen LogP contribution is 2.24. The van der Waals surface area contributed by atoms with Crippen molar-refractivity contribution in [2.75, 3.05) is 12.4 Å². The number of hydrogen-bond donors (Lipinski definition) is 2. The van der Waals surface area contributed by atoms with Gasteiger partial charge in [-0.25, -0.2) is 4.79 Å². The lowest BCUT2D eigenvalue weighted by molar-refractivity contribution is -0.137. The largest absolute Gasteiger partial charge is 0.495 e. The van der Waals surface area contributed by atoms with E-state index in [9.17, 15) is 14.7 Å². The Morgan fingerprint density at radius 1 is 1.09 bits per heavy atom. The lowest BCUT2D eigenvalue weighted by Crippen LogP contribution is -2.32. The predicted octanol–water partition coefficient (Wildman–Crippen LogP) is 2.83. The molecule has 0 radical (unpaired) electrons. The Labute approximate surface area is 128 Å². The Hall–Kier alpha value is -2.82. The zero-order chi connectivity index (χ0) is 15.9. The molecule has 0 saturated carbocycles. The first-order chi connectivity index (χ1) is 10.6. The Balaban J connectivity index is 2.14. The van der Waals surface area contributed by atoms with E-state index in [1.54, 1.807) is 54.6 Å². The molecule has 2 aromatic carbocycles. The number of carboxylic acid groups (broad SMARTS) is 1. The summed E-state index contributed by atoms with van der Waals surface area (Å²) in [5, 5.41) is 12.2. The van der Waals surface area contributed by atoms with Gasteiger partial charge in [-0.2, -0.15) is 0 Å². The summed E-state index contributed by atoms with van der Waals surface area (Å²) < 4.78 is 5.18. The minimum Gasteiger partial charge on any atom is -0.495 e. The number of carbonyl (C=O) groups excluding carboxylic acids is 1. The molecule has 5 heteroatoms. The number of ether oxygens (including phenoxy) is 1. The summed E-state index contributed by atoms with van der Waals surface area (Å²) in [6.45, 7) is 0. The quantitative estimate of drug-likeness (QED) is 0.769. The SMILES string of the molecule is COc1ccccc1N[C@H](CC(=O)c1ccccc1)C(=O)O. The van der Waals surface area contributed by atoms with Crippen LogP contribution in [0.3, 0.4) is 0 Å². The number of methoxy groups -OCH3 is 1. The van der Waals surface area contributed by atoms with Gasteiger partial charge in [0.25, 0.3) is 0 Å². The maximum atomic E-state index is 12.2. The average Bonchev–Trinajstić information content (AvgIpc) is 2.55. The van der Waals surface area contributed by atoms with Crippen LogP contribution in [0.5, 0.6) is 5.75 Å². The number of aliphatic carboxylic acids is 1. The van der Waals surface area contributed by atoms with Crippen LogP contribution in [0.2, 0.25) is 0 Å². The van der Waals surface area contributed by atoms with Crippen molar-refractivity contribution in [2.45, 2.75) is 12.5 Å². The fourth-order valence-electron chi connectivity index (χ4n) is 2.08. The first-order valence-corrected chi connectivity index (χ1v) is 6.82. The zero-order valence-electron chi connectivity index (χ0n) is 12.2. The Kier molecular flexibility index (Phi) is 5.14. The molecule has 2 rings (SSSR count). The van der Waals surface area contributed by atoms with Crippen LogP contribution in [0.15, 0.2) is 54.6 Å². The van der Waals surface area contributed by atoms with Crippen molar-refractivity contribution in [1.29, 1.82) is 0 Å². The van der Waals surface area contributed by atoms with E-state index in [4.69, 9.17) is 4.74 Å². The van der Waals surface area contributed by atoms with Gasteiger partial charge in [-0.1, -0.05) is 42.5 Å². The van der Waals surface area contributed by atoms with Crippen molar-refractivity contribution in [3.05, 3.63) is 60.2 Å². The molecule has 0 heterocycles. The van der Waals surface area contributed by atoms with Crippen LogP contribution in [0, 0.1) is 0 Å². The van der Waals surface area contributed by atoms with E-state index in [1.165, 1.54) is 7.11 Å². The lowest BCUT2D eigenvalue weighted by atomic mass is 10.0. The predicted molar refractivity (Wildman–Crippen MR) is 83.4 cm³/mol. The molecule has 1 atom stereocenters. The third kappa shape index (κ3) is 3.85. The fraction of sp³-hybridized carbons (Fsp3) is 0.176. The van der Waals surface area contributed by atoms with Gasteiger partial charge < -0.3 is 15.2 Å². The van der Waals surface area contributed by atoms with Gasteiger partial charge >= 0.3 is 5.97 Å². The summed E-state index contributed by atoms with van der Waals surface area (Å²) in [5.41, 5.74) is 1.04. The summed E-state index contributed by atoms with van der Waals surface area (Å²) in [6.07, 6.45) is -0.141. The summed E-state index contributed by atoms with van der Waals surface area (Å²) in [5.74, 6) is -0.786. The smallest absolute Gasteiger partial charge is 0.326 e. The molecule has 0 unspecified atom stereocenters. The van der Waals surface area contributed by atoms with Crippen LogP contribution in [-0.2, 0) is 4.79 Å². The molecule has 0 bridgehead atoms. The summed E-state index contributed by atoms with van der Waals surface area (Å²) in [4.78, 5) is 23.6. The molecular weight excluding hydrogens is 282 g/mol. The Morgan fingerprint density at radius 3 is 2.36 bits per heavy atom. The second-order valence-electron chi connectivity index (χ2n) is 4.73. The molecule has 22 heavy (non-hydrogen) atoms. The highest BCUT2D eigenvalue weighted by atomic mass is 16.5. The third-order valence-corrected chi connectivity index (χ3v) is 3.22. The minimum atomic E-state index is -1.09. The number of hydrogen-bond acceptors (Lipinski definition) is 4. The molecule has 0 fully saturated rings. The van der Waals surface area contributed by atoms with Crippen molar-refractivity contribution in [2.24, 2.45) is 0 Å². The van der Waals surface area contributed by atoms with Crippen LogP contribution < -0.4 is 10.1 Å². The minimum absolute atomic E-state index is 0.141. The zero-order valence-corrected chi connectivity index (χ0v) is 12.2. The van der Waals surface area contributed by atoms with Crippen LogP contribution in [0.25, 0.3) is 0 Å². The molecule has 2 aromatic rings. The van der Waals surface area contributed by atoms with Gasteiger partial charge in [0.2, 0.25) is 0 Å². The highest BCUT2D eigenvalue weighted by molar-refractivity contribution is 5.99. The van der Waals surface area contributed by atoms with E-state index in [-0.39, 0.29) is 12.2 Å². The standard InChI is InChI=1S/C17H17NO4/c1-22-16-10-6-5-9-13(16)18-14(17(20)21)11-15(19)12-7-3-2-4-8-12/h2-10,14,18H,11H2,1H3,(H,20,21)/t14-/m1/s1. The molecule has 0 aliphatic carbocycles. The number of carbonyl (C=O) groups is 2.